The number of carbonyl (C=O) groups is 2. The Kier molecular flexibility index (Phi) is 4.71. The molecule has 1 rings (SSSR count). The van der Waals surface area contributed by atoms with E-state index in [-0.39, 0.29) is 30.3 Å². The molecular formula is C13H16O5. The second-order valence-corrected chi connectivity index (χ2v) is 4.16. The molecule has 0 aromatic heterocycles. The van der Waals surface area contributed by atoms with E-state index < -0.39 is 11.8 Å². The summed E-state index contributed by atoms with van der Waals surface area (Å²) >= 11 is 0. The molecule has 0 aliphatic carbocycles. The number of carboxylic acid groups (broad SMARTS) is 1. The first-order chi connectivity index (χ1) is 8.40. The van der Waals surface area contributed by atoms with Crippen LogP contribution in [0, 0.1) is 0 Å². The van der Waals surface area contributed by atoms with E-state index in [0.717, 1.165) is 0 Å². The SMILES string of the molecule is CC(C)Oc1ccc(O)c(C(=O)CCC(=O)O)c1. The molecule has 0 bridgehead atoms. The van der Waals surface area contributed by atoms with Crippen LogP contribution in [0.25, 0.3) is 0 Å². The fourth-order valence-corrected chi connectivity index (χ4v) is 1.44. The number of ketones is 1. The lowest BCUT2D eigenvalue weighted by atomic mass is 10.1. The predicted molar refractivity (Wildman–Crippen MR) is 65.1 cm³/mol. The highest BCUT2D eigenvalue weighted by Gasteiger charge is 2.14. The molecule has 0 saturated carbocycles. The van der Waals surface area contributed by atoms with E-state index in [1.54, 1.807) is 6.07 Å². The molecule has 0 fully saturated rings. The summed E-state index contributed by atoms with van der Waals surface area (Å²) in [4.78, 5) is 22.1. The van der Waals surface area contributed by atoms with Gasteiger partial charge in [0.05, 0.1) is 18.1 Å². The lowest BCUT2D eigenvalue weighted by Crippen LogP contribution is -2.08. The van der Waals surface area contributed by atoms with Crippen molar-refractivity contribution in [2.45, 2.75) is 32.8 Å². The average molecular weight is 252 g/mol. The van der Waals surface area contributed by atoms with E-state index >= 15 is 0 Å². The summed E-state index contributed by atoms with van der Waals surface area (Å²) in [5.41, 5.74) is 0.0920. The Balaban J connectivity index is 2.86. The monoisotopic (exact) mass is 252 g/mol. The van der Waals surface area contributed by atoms with Crippen molar-refractivity contribution in [1.82, 2.24) is 0 Å². The third kappa shape index (κ3) is 4.08. The smallest absolute Gasteiger partial charge is 0.303 e. The van der Waals surface area contributed by atoms with Crippen molar-refractivity contribution >= 4 is 11.8 Å². The van der Waals surface area contributed by atoms with Gasteiger partial charge in [0, 0.05) is 6.42 Å². The molecule has 0 heterocycles. The Labute approximate surface area is 105 Å². The second kappa shape index (κ2) is 6.05. The van der Waals surface area contributed by atoms with E-state index in [4.69, 9.17) is 9.84 Å². The molecule has 0 aliphatic rings. The van der Waals surface area contributed by atoms with Gasteiger partial charge in [0.2, 0.25) is 0 Å². The van der Waals surface area contributed by atoms with E-state index in [2.05, 4.69) is 0 Å². The van der Waals surface area contributed by atoms with Crippen LogP contribution in [0.15, 0.2) is 18.2 Å². The maximum absolute atomic E-state index is 11.7. The van der Waals surface area contributed by atoms with Crippen molar-refractivity contribution < 1.29 is 24.5 Å². The number of carboxylic acids is 1. The number of hydrogen-bond acceptors (Lipinski definition) is 4. The number of carbonyl (C=O) groups excluding carboxylic acids is 1. The zero-order valence-electron chi connectivity index (χ0n) is 10.3. The van der Waals surface area contributed by atoms with Gasteiger partial charge in [-0.1, -0.05) is 0 Å². The van der Waals surface area contributed by atoms with Crippen molar-refractivity contribution in [1.29, 1.82) is 0 Å². The summed E-state index contributed by atoms with van der Waals surface area (Å²) in [5.74, 6) is -1.15. The van der Waals surface area contributed by atoms with Crippen molar-refractivity contribution in [3.8, 4) is 11.5 Å². The Morgan fingerprint density at radius 2 is 1.94 bits per heavy atom. The minimum Gasteiger partial charge on any atom is -0.507 e. The van der Waals surface area contributed by atoms with Gasteiger partial charge in [-0.15, -0.1) is 0 Å². The maximum atomic E-state index is 11.7. The van der Waals surface area contributed by atoms with E-state index in [9.17, 15) is 14.7 Å². The maximum Gasteiger partial charge on any atom is 0.303 e. The van der Waals surface area contributed by atoms with E-state index in [1.807, 2.05) is 13.8 Å². The van der Waals surface area contributed by atoms with Gasteiger partial charge in [0.15, 0.2) is 5.78 Å². The quantitative estimate of drug-likeness (QED) is 0.758. The molecule has 18 heavy (non-hydrogen) atoms. The zero-order chi connectivity index (χ0) is 13.7. The van der Waals surface area contributed by atoms with Crippen LogP contribution in [0.2, 0.25) is 0 Å². The third-order valence-electron chi connectivity index (χ3n) is 2.21. The van der Waals surface area contributed by atoms with Crippen LogP contribution in [0.3, 0.4) is 0 Å². The summed E-state index contributed by atoms with van der Waals surface area (Å²) in [7, 11) is 0. The molecule has 0 unspecified atom stereocenters. The van der Waals surface area contributed by atoms with Crippen LogP contribution < -0.4 is 4.74 Å². The summed E-state index contributed by atoms with van der Waals surface area (Å²) in [5, 5.41) is 18.1. The molecule has 98 valence electrons. The summed E-state index contributed by atoms with van der Waals surface area (Å²) < 4.78 is 5.41. The number of phenols is 1. The second-order valence-electron chi connectivity index (χ2n) is 4.16. The Morgan fingerprint density at radius 1 is 1.28 bits per heavy atom. The minimum atomic E-state index is -1.04. The summed E-state index contributed by atoms with van der Waals surface area (Å²) in [6.07, 6.45) is -0.446. The highest BCUT2D eigenvalue weighted by atomic mass is 16.5. The van der Waals surface area contributed by atoms with Crippen LogP contribution in [-0.4, -0.2) is 28.1 Å². The molecule has 0 spiro atoms. The predicted octanol–water partition coefficient (Wildman–Crippen LogP) is 2.23. The molecule has 0 saturated heterocycles. The average Bonchev–Trinajstić information content (AvgIpc) is 2.28. The fraction of sp³-hybridized carbons (Fsp3) is 0.385. The molecule has 0 aliphatic heterocycles. The number of aliphatic carboxylic acids is 1. The topological polar surface area (TPSA) is 83.8 Å². The Morgan fingerprint density at radius 3 is 2.50 bits per heavy atom. The van der Waals surface area contributed by atoms with Crippen molar-refractivity contribution in [3.05, 3.63) is 23.8 Å². The van der Waals surface area contributed by atoms with Gasteiger partial charge in [0.1, 0.15) is 11.5 Å². The number of Topliss-reactive ketones (excluding diaryl/α,β-unsaturated/α-hetero) is 1. The molecule has 1 aromatic rings. The number of benzene rings is 1. The van der Waals surface area contributed by atoms with Gasteiger partial charge in [0.25, 0.3) is 0 Å². The van der Waals surface area contributed by atoms with Crippen molar-refractivity contribution in [2.75, 3.05) is 0 Å². The standard InChI is InChI=1S/C13H16O5/c1-8(2)18-9-3-4-11(14)10(7-9)12(15)5-6-13(16)17/h3-4,7-8,14H,5-6H2,1-2H3,(H,16,17). The number of ether oxygens (including phenoxy) is 1. The minimum absolute atomic E-state index is 0.0449. The lowest BCUT2D eigenvalue weighted by Gasteiger charge is -2.11. The highest BCUT2D eigenvalue weighted by molar-refractivity contribution is 6.00. The normalized spacial score (nSPS) is 10.4. The molecule has 0 atom stereocenters. The van der Waals surface area contributed by atoms with E-state index in [1.165, 1.54) is 12.1 Å². The van der Waals surface area contributed by atoms with E-state index in [0.29, 0.717) is 5.75 Å². The van der Waals surface area contributed by atoms with Gasteiger partial charge < -0.3 is 14.9 Å². The van der Waals surface area contributed by atoms with Crippen LogP contribution in [-0.2, 0) is 4.79 Å². The number of phenolic OH excluding ortho intramolecular Hbond substituents is 1. The molecule has 0 amide bonds. The first-order valence-corrected chi connectivity index (χ1v) is 5.65. The van der Waals surface area contributed by atoms with Gasteiger partial charge in [-0.3, -0.25) is 9.59 Å². The van der Waals surface area contributed by atoms with Gasteiger partial charge in [-0.25, -0.2) is 0 Å². The summed E-state index contributed by atoms with van der Waals surface area (Å²) in [6.45, 7) is 3.69. The third-order valence-corrected chi connectivity index (χ3v) is 2.21. The highest BCUT2D eigenvalue weighted by Crippen LogP contribution is 2.25. The van der Waals surface area contributed by atoms with Gasteiger partial charge in [-0.2, -0.15) is 0 Å². The number of rotatable bonds is 6. The molecule has 1 aromatic carbocycles. The first-order valence-electron chi connectivity index (χ1n) is 5.65. The van der Waals surface area contributed by atoms with Crippen LogP contribution in [0.1, 0.15) is 37.0 Å². The molecular weight excluding hydrogens is 236 g/mol. The lowest BCUT2D eigenvalue weighted by molar-refractivity contribution is -0.136. The largest absolute Gasteiger partial charge is 0.507 e. The first kappa shape index (κ1) is 14.0. The van der Waals surface area contributed by atoms with Crippen LogP contribution >= 0.6 is 0 Å². The molecule has 2 N–H and O–H groups in total. The number of hydrogen-bond donors (Lipinski definition) is 2. The Bertz CT molecular complexity index is 451. The Hall–Kier alpha value is -2.04. The van der Waals surface area contributed by atoms with Crippen LogP contribution in [0.4, 0.5) is 0 Å². The van der Waals surface area contributed by atoms with Gasteiger partial charge >= 0.3 is 5.97 Å². The molecule has 5 nitrogen and oxygen atoms in total. The summed E-state index contributed by atoms with van der Waals surface area (Å²) in [6, 6.07) is 4.36. The van der Waals surface area contributed by atoms with Crippen molar-refractivity contribution in [2.24, 2.45) is 0 Å². The van der Waals surface area contributed by atoms with Crippen LogP contribution in [0.5, 0.6) is 11.5 Å². The van der Waals surface area contributed by atoms with Gasteiger partial charge in [-0.05, 0) is 32.0 Å². The van der Waals surface area contributed by atoms with Crippen molar-refractivity contribution in [3.63, 3.8) is 0 Å². The molecule has 0 radical (unpaired) electrons. The zero-order valence-corrected chi connectivity index (χ0v) is 10.3. The molecule has 5 heteroatoms. The fourth-order valence-electron chi connectivity index (χ4n) is 1.44. The number of aromatic hydroxyl groups is 1.